The van der Waals surface area contributed by atoms with Crippen LogP contribution < -0.4 is 5.32 Å². The third kappa shape index (κ3) is 3.68. The van der Waals surface area contributed by atoms with E-state index < -0.39 is 0 Å². The van der Waals surface area contributed by atoms with Crippen molar-refractivity contribution in [3.63, 3.8) is 0 Å². The Balaban J connectivity index is 1.49. The first kappa shape index (κ1) is 12.9. The largest absolute Gasteiger partial charge is 0.310 e. The first-order chi connectivity index (χ1) is 9.31. The van der Waals surface area contributed by atoms with Gasteiger partial charge in [0.1, 0.15) is 0 Å². The quantitative estimate of drug-likeness (QED) is 0.814. The van der Waals surface area contributed by atoms with Crippen LogP contribution in [0.3, 0.4) is 0 Å². The zero-order valence-electron chi connectivity index (χ0n) is 11.7. The highest BCUT2D eigenvalue weighted by molar-refractivity contribution is 5.28. The summed E-state index contributed by atoms with van der Waals surface area (Å²) in [7, 11) is 0. The summed E-state index contributed by atoms with van der Waals surface area (Å²) in [5, 5.41) is 3.55. The molecule has 19 heavy (non-hydrogen) atoms. The summed E-state index contributed by atoms with van der Waals surface area (Å²) in [6.45, 7) is 8.60. The second kappa shape index (κ2) is 5.89. The molecule has 102 valence electrons. The van der Waals surface area contributed by atoms with Crippen molar-refractivity contribution in [3.8, 4) is 0 Å². The fraction of sp³-hybridized carbons (Fsp3) is 0.529. The lowest BCUT2D eigenvalue weighted by atomic mass is 10.0. The minimum absolute atomic E-state index is 0.783. The summed E-state index contributed by atoms with van der Waals surface area (Å²) in [4.78, 5) is 2.55. The monoisotopic (exact) mass is 256 g/mol. The maximum Gasteiger partial charge on any atom is 0.0203 e. The molecule has 1 aliphatic heterocycles. The van der Waals surface area contributed by atoms with Gasteiger partial charge in [-0.05, 0) is 42.4 Å². The van der Waals surface area contributed by atoms with Gasteiger partial charge in [0, 0.05) is 32.2 Å². The molecule has 0 atom stereocenters. The predicted molar refractivity (Wildman–Crippen MR) is 80.5 cm³/mol. The van der Waals surface area contributed by atoms with E-state index >= 15 is 0 Å². The Labute approximate surface area is 116 Å². The third-order valence-corrected chi connectivity index (χ3v) is 4.18. The van der Waals surface area contributed by atoms with Crippen LogP contribution in [0.5, 0.6) is 0 Å². The van der Waals surface area contributed by atoms with Gasteiger partial charge in [-0.3, -0.25) is 4.90 Å². The zero-order valence-corrected chi connectivity index (χ0v) is 11.7. The summed E-state index contributed by atoms with van der Waals surface area (Å²) in [6.07, 6.45) is 5.07. The van der Waals surface area contributed by atoms with E-state index in [9.17, 15) is 0 Å². The summed E-state index contributed by atoms with van der Waals surface area (Å²) >= 11 is 0. The van der Waals surface area contributed by atoms with E-state index in [2.05, 4.69) is 41.1 Å². The van der Waals surface area contributed by atoms with Crippen LogP contribution in [-0.2, 0) is 12.8 Å². The summed E-state index contributed by atoms with van der Waals surface area (Å²) in [5.74, 6) is 0. The van der Waals surface area contributed by atoms with Gasteiger partial charge in [0.2, 0.25) is 0 Å². The fourth-order valence-electron chi connectivity index (χ4n) is 2.82. The predicted octanol–water partition coefficient (Wildman–Crippen LogP) is 2.40. The maximum atomic E-state index is 4.22. The van der Waals surface area contributed by atoms with Crippen LogP contribution in [0.15, 0.2) is 36.4 Å². The fourth-order valence-corrected chi connectivity index (χ4v) is 2.82. The Hall–Kier alpha value is -1.12. The smallest absolute Gasteiger partial charge is 0.0203 e. The molecule has 2 nitrogen and oxygen atoms in total. The topological polar surface area (TPSA) is 15.3 Å². The van der Waals surface area contributed by atoms with E-state index in [0.29, 0.717) is 0 Å². The van der Waals surface area contributed by atoms with E-state index in [1.54, 1.807) is 0 Å². The van der Waals surface area contributed by atoms with Crippen LogP contribution in [0, 0.1) is 0 Å². The SMILES string of the molecule is C=C(CNC1CC1)CN1CCc2ccccc2CC1. The average Bonchev–Trinajstić information content (AvgIpc) is 3.24. The highest BCUT2D eigenvalue weighted by Crippen LogP contribution is 2.19. The number of hydrogen-bond acceptors (Lipinski definition) is 2. The molecule has 1 saturated carbocycles. The third-order valence-electron chi connectivity index (χ3n) is 4.18. The molecule has 0 saturated heterocycles. The van der Waals surface area contributed by atoms with E-state index in [4.69, 9.17) is 0 Å². The Morgan fingerprint density at radius 2 is 1.79 bits per heavy atom. The van der Waals surface area contributed by atoms with Crippen LogP contribution in [0.1, 0.15) is 24.0 Å². The van der Waals surface area contributed by atoms with Crippen LogP contribution in [0.2, 0.25) is 0 Å². The van der Waals surface area contributed by atoms with Gasteiger partial charge in [-0.1, -0.05) is 30.8 Å². The van der Waals surface area contributed by atoms with Gasteiger partial charge in [-0.25, -0.2) is 0 Å². The number of benzene rings is 1. The molecule has 0 spiro atoms. The molecule has 2 aliphatic rings. The summed E-state index contributed by atoms with van der Waals surface area (Å²) in [6, 6.07) is 9.66. The van der Waals surface area contributed by atoms with E-state index in [0.717, 1.165) is 19.1 Å². The number of hydrogen-bond donors (Lipinski definition) is 1. The van der Waals surface area contributed by atoms with Crippen molar-refractivity contribution in [2.75, 3.05) is 26.2 Å². The normalized spacial score (nSPS) is 19.8. The molecule has 0 amide bonds. The van der Waals surface area contributed by atoms with Crippen molar-refractivity contribution >= 4 is 0 Å². The van der Waals surface area contributed by atoms with Gasteiger partial charge in [-0.15, -0.1) is 0 Å². The Morgan fingerprint density at radius 3 is 2.37 bits per heavy atom. The van der Waals surface area contributed by atoms with Crippen molar-refractivity contribution < 1.29 is 0 Å². The van der Waals surface area contributed by atoms with Crippen LogP contribution in [-0.4, -0.2) is 37.1 Å². The van der Waals surface area contributed by atoms with E-state index in [-0.39, 0.29) is 0 Å². The molecule has 0 aromatic heterocycles. The number of nitrogens with one attached hydrogen (secondary N) is 1. The number of nitrogens with zero attached hydrogens (tertiary/aromatic N) is 1. The first-order valence-electron chi connectivity index (χ1n) is 7.50. The average molecular weight is 256 g/mol. The summed E-state index contributed by atoms with van der Waals surface area (Å²) in [5.41, 5.74) is 4.40. The van der Waals surface area contributed by atoms with Gasteiger partial charge < -0.3 is 5.32 Å². The second-order valence-electron chi connectivity index (χ2n) is 5.95. The molecular formula is C17H24N2. The van der Waals surface area contributed by atoms with Gasteiger partial charge in [-0.2, -0.15) is 0 Å². The second-order valence-corrected chi connectivity index (χ2v) is 5.95. The Kier molecular flexibility index (Phi) is 4.00. The lowest BCUT2D eigenvalue weighted by Crippen LogP contribution is -2.31. The molecule has 0 radical (unpaired) electrons. The molecule has 1 heterocycles. The lowest BCUT2D eigenvalue weighted by molar-refractivity contribution is 0.309. The standard InChI is InChI=1S/C17H24N2/c1-14(12-18-17-6-7-17)13-19-10-8-15-4-2-3-5-16(15)9-11-19/h2-5,17-18H,1,6-13H2. The Morgan fingerprint density at radius 1 is 1.16 bits per heavy atom. The number of fused-ring (bicyclic) bond motifs is 1. The van der Waals surface area contributed by atoms with Gasteiger partial charge in [0.25, 0.3) is 0 Å². The highest BCUT2D eigenvalue weighted by atomic mass is 15.1. The van der Waals surface area contributed by atoms with Crippen LogP contribution in [0.25, 0.3) is 0 Å². The lowest BCUT2D eigenvalue weighted by Gasteiger charge is -2.21. The van der Waals surface area contributed by atoms with E-state index in [1.807, 2.05) is 0 Å². The molecular weight excluding hydrogens is 232 g/mol. The molecule has 1 fully saturated rings. The van der Waals surface area contributed by atoms with Crippen molar-refractivity contribution in [1.82, 2.24) is 10.2 Å². The number of rotatable bonds is 5. The molecule has 1 N–H and O–H groups in total. The van der Waals surface area contributed by atoms with E-state index in [1.165, 1.54) is 55.5 Å². The van der Waals surface area contributed by atoms with Crippen molar-refractivity contribution in [2.24, 2.45) is 0 Å². The first-order valence-corrected chi connectivity index (χ1v) is 7.50. The minimum Gasteiger partial charge on any atom is -0.310 e. The highest BCUT2D eigenvalue weighted by Gasteiger charge is 2.20. The van der Waals surface area contributed by atoms with Crippen LogP contribution >= 0.6 is 0 Å². The Bertz CT molecular complexity index is 421. The van der Waals surface area contributed by atoms with Crippen molar-refractivity contribution in [1.29, 1.82) is 0 Å². The molecule has 2 heteroatoms. The van der Waals surface area contributed by atoms with Crippen molar-refractivity contribution in [2.45, 2.75) is 31.7 Å². The van der Waals surface area contributed by atoms with Gasteiger partial charge in [0.15, 0.2) is 0 Å². The van der Waals surface area contributed by atoms with Gasteiger partial charge >= 0.3 is 0 Å². The molecule has 1 aromatic rings. The molecule has 1 aromatic carbocycles. The van der Waals surface area contributed by atoms with Crippen molar-refractivity contribution in [3.05, 3.63) is 47.5 Å². The molecule has 0 bridgehead atoms. The minimum atomic E-state index is 0.783. The molecule has 1 aliphatic carbocycles. The molecule has 0 unspecified atom stereocenters. The zero-order chi connectivity index (χ0) is 13.1. The maximum absolute atomic E-state index is 4.22. The van der Waals surface area contributed by atoms with Gasteiger partial charge in [0.05, 0.1) is 0 Å². The van der Waals surface area contributed by atoms with Crippen LogP contribution in [0.4, 0.5) is 0 Å². The summed E-state index contributed by atoms with van der Waals surface area (Å²) < 4.78 is 0. The molecule has 3 rings (SSSR count).